The maximum absolute atomic E-state index is 12.1. The molecule has 0 saturated carbocycles. The highest BCUT2D eigenvalue weighted by molar-refractivity contribution is 5.92. The first kappa shape index (κ1) is 20.1. The second kappa shape index (κ2) is 9.46. The molecular weight excluding hydrogens is 352 g/mol. The van der Waals surface area contributed by atoms with E-state index in [4.69, 9.17) is 9.15 Å². The Balaban J connectivity index is 1.85. The lowest BCUT2D eigenvalue weighted by atomic mass is 10.1. The van der Waals surface area contributed by atoms with Crippen LogP contribution in [0.1, 0.15) is 24.2 Å². The van der Waals surface area contributed by atoms with Gasteiger partial charge in [-0.15, -0.1) is 10.2 Å². The Bertz CT molecular complexity index is 770. The van der Waals surface area contributed by atoms with E-state index in [9.17, 15) is 14.4 Å². The summed E-state index contributed by atoms with van der Waals surface area (Å²) >= 11 is 0. The molecule has 0 spiro atoms. The van der Waals surface area contributed by atoms with Crippen LogP contribution in [0.2, 0.25) is 0 Å². The summed E-state index contributed by atoms with van der Waals surface area (Å²) in [6.07, 6.45) is 1.21. The Hall–Kier alpha value is -3.23. The van der Waals surface area contributed by atoms with Crippen LogP contribution in [-0.2, 0) is 14.3 Å². The van der Waals surface area contributed by atoms with E-state index in [0.29, 0.717) is 24.5 Å². The van der Waals surface area contributed by atoms with Crippen molar-refractivity contribution in [2.24, 2.45) is 0 Å². The lowest BCUT2D eigenvalue weighted by Gasteiger charge is -2.23. The van der Waals surface area contributed by atoms with Crippen molar-refractivity contribution in [3.05, 3.63) is 36.2 Å². The van der Waals surface area contributed by atoms with Gasteiger partial charge in [0.05, 0.1) is 12.1 Å². The van der Waals surface area contributed by atoms with Gasteiger partial charge in [0.2, 0.25) is 18.2 Å². The van der Waals surface area contributed by atoms with Crippen molar-refractivity contribution in [2.45, 2.75) is 13.8 Å². The van der Waals surface area contributed by atoms with Crippen molar-refractivity contribution >= 4 is 17.8 Å². The number of amides is 2. The average molecular weight is 374 g/mol. The first-order valence-corrected chi connectivity index (χ1v) is 8.51. The third kappa shape index (κ3) is 5.37. The van der Waals surface area contributed by atoms with E-state index in [2.05, 4.69) is 10.2 Å². The number of esters is 1. The number of aromatic nitrogens is 2. The molecule has 27 heavy (non-hydrogen) atoms. The van der Waals surface area contributed by atoms with Crippen molar-refractivity contribution in [3.63, 3.8) is 0 Å². The molecule has 1 aromatic heterocycles. The fourth-order valence-electron chi connectivity index (χ4n) is 2.34. The highest BCUT2D eigenvalue weighted by atomic mass is 16.5. The fraction of sp³-hybridized carbons (Fsp3) is 0.389. The van der Waals surface area contributed by atoms with Crippen LogP contribution in [0.25, 0.3) is 11.5 Å². The molecule has 0 bridgehead atoms. The molecule has 9 heteroatoms. The quantitative estimate of drug-likeness (QED) is 0.640. The first-order chi connectivity index (χ1) is 13.0. The molecule has 0 fully saturated rings. The van der Waals surface area contributed by atoms with Gasteiger partial charge < -0.3 is 19.0 Å². The number of benzene rings is 1. The highest BCUT2D eigenvalue weighted by Gasteiger charge is 2.18. The number of ether oxygens (including phenoxy) is 1. The number of likely N-dealkylation sites (N-methyl/N-ethyl adjacent to an activating group) is 2. The molecule has 1 heterocycles. The average Bonchev–Trinajstić information content (AvgIpc) is 3.21. The van der Waals surface area contributed by atoms with Crippen LogP contribution in [0.5, 0.6) is 0 Å². The van der Waals surface area contributed by atoms with Gasteiger partial charge in [-0.1, -0.05) is 0 Å². The van der Waals surface area contributed by atoms with Gasteiger partial charge in [0.15, 0.2) is 6.61 Å². The van der Waals surface area contributed by atoms with Crippen LogP contribution in [0, 0.1) is 0 Å². The Kier molecular flexibility index (Phi) is 7.04. The van der Waals surface area contributed by atoms with Gasteiger partial charge in [-0.2, -0.15) is 0 Å². The van der Waals surface area contributed by atoms with Crippen molar-refractivity contribution in [3.8, 4) is 11.5 Å². The number of hydrogen-bond donors (Lipinski definition) is 0. The van der Waals surface area contributed by atoms with Crippen LogP contribution >= 0.6 is 0 Å². The topological polar surface area (TPSA) is 106 Å². The predicted molar refractivity (Wildman–Crippen MR) is 95.6 cm³/mol. The van der Waals surface area contributed by atoms with E-state index >= 15 is 0 Å². The number of nitrogens with zero attached hydrogens (tertiary/aromatic N) is 4. The Morgan fingerprint density at radius 2 is 1.74 bits per heavy atom. The second-order valence-corrected chi connectivity index (χ2v) is 5.71. The molecule has 0 N–H and O–H groups in total. The molecule has 1 aromatic carbocycles. The minimum Gasteiger partial charge on any atom is -0.452 e. The molecule has 0 unspecified atom stereocenters. The van der Waals surface area contributed by atoms with Crippen LogP contribution in [0.4, 0.5) is 0 Å². The summed E-state index contributed by atoms with van der Waals surface area (Å²) in [4.78, 5) is 39.0. The van der Waals surface area contributed by atoms with Gasteiger partial charge in [-0.05, 0) is 38.1 Å². The molecule has 2 rings (SSSR count). The van der Waals surface area contributed by atoms with E-state index in [0.717, 1.165) is 0 Å². The molecule has 0 atom stereocenters. The van der Waals surface area contributed by atoms with E-state index in [1.54, 1.807) is 29.2 Å². The monoisotopic (exact) mass is 374 g/mol. The third-order valence-electron chi connectivity index (χ3n) is 3.97. The Morgan fingerprint density at radius 1 is 1.07 bits per heavy atom. The molecule has 9 nitrogen and oxygen atoms in total. The van der Waals surface area contributed by atoms with Gasteiger partial charge in [-0.25, -0.2) is 4.79 Å². The SMILES string of the molecule is CCN(CC)C(=O)CN(C)C(=O)COC(=O)c1ccc(-c2nnco2)cc1. The number of carbonyl (C=O) groups excluding carboxylic acids is 3. The summed E-state index contributed by atoms with van der Waals surface area (Å²) in [5.74, 6) is -0.904. The smallest absolute Gasteiger partial charge is 0.338 e. The fourth-order valence-corrected chi connectivity index (χ4v) is 2.34. The second-order valence-electron chi connectivity index (χ2n) is 5.71. The molecular formula is C18H22N4O5. The van der Waals surface area contributed by atoms with Crippen LogP contribution < -0.4 is 0 Å². The van der Waals surface area contributed by atoms with Gasteiger partial charge >= 0.3 is 5.97 Å². The summed E-state index contributed by atoms with van der Waals surface area (Å²) in [7, 11) is 1.50. The van der Waals surface area contributed by atoms with Gasteiger partial charge in [0.1, 0.15) is 0 Å². The number of carbonyl (C=O) groups is 3. The van der Waals surface area contributed by atoms with Crippen LogP contribution in [0.3, 0.4) is 0 Å². The van der Waals surface area contributed by atoms with Crippen molar-refractivity contribution in [2.75, 3.05) is 33.3 Å². The van der Waals surface area contributed by atoms with Crippen molar-refractivity contribution < 1.29 is 23.5 Å². The zero-order valence-corrected chi connectivity index (χ0v) is 15.5. The van der Waals surface area contributed by atoms with E-state index < -0.39 is 18.5 Å². The summed E-state index contributed by atoms with van der Waals surface area (Å²) in [5.41, 5.74) is 0.947. The first-order valence-electron chi connectivity index (χ1n) is 8.51. The van der Waals surface area contributed by atoms with E-state index in [1.807, 2.05) is 13.8 Å². The molecule has 0 aliphatic heterocycles. The number of rotatable bonds is 8. The van der Waals surface area contributed by atoms with Crippen LogP contribution in [0.15, 0.2) is 35.1 Å². The molecule has 0 aliphatic carbocycles. The van der Waals surface area contributed by atoms with Crippen LogP contribution in [-0.4, -0.2) is 71.1 Å². The van der Waals surface area contributed by atoms with Gasteiger partial charge in [0.25, 0.3) is 5.91 Å². The molecule has 0 radical (unpaired) electrons. The van der Waals surface area contributed by atoms with E-state index in [-0.39, 0.29) is 18.0 Å². The zero-order valence-electron chi connectivity index (χ0n) is 15.5. The summed E-state index contributed by atoms with van der Waals surface area (Å²) < 4.78 is 10.1. The third-order valence-corrected chi connectivity index (χ3v) is 3.97. The summed E-state index contributed by atoms with van der Waals surface area (Å²) in [6.45, 7) is 4.39. The summed E-state index contributed by atoms with van der Waals surface area (Å²) in [5, 5.41) is 7.36. The lowest BCUT2D eigenvalue weighted by molar-refractivity contribution is -0.140. The van der Waals surface area contributed by atoms with Gasteiger partial charge in [-0.3, -0.25) is 9.59 Å². The Labute approximate surface area is 156 Å². The number of hydrogen-bond acceptors (Lipinski definition) is 7. The normalized spacial score (nSPS) is 10.3. The minimum atomic E-state index is -0.635. The molecule has 0 aliphatic rings. The summed E-state index contributed by atoms with van der Waals surface area (Å²) in [6, 6.07) is 6.36. The Morgan fingerprint density at radius 3 is 2.30 bits per heavy atom. The standard InChI is InChI=1S/C18H22N4O5/c1-4-22(5-2)15(23)10-21(3)16(24)11-26-18(25)14-8-6-13(7-9-14)17-20-19-12-27-17/h6-9,12H,4-5,10-11H2,1-3H3. The van der Waals surface area contributed by atoms with E-state index in [1.165, 1.54) is 18.3 Å². The van der Waals surface area contributed by atoms with Gasteiger partial charge in [0, 0.05) is 25.7 Å². The minimum absolute atomic E-state index is 0.0586. The molecule has 2 aromatic rings. The predicted octanol–water partition coefficient (Wildman–Crippen LogP) is 1.22. The largest absolute Gasteiger partial charge is 0.452 e. The molecule has 2 amide bonds. The molecule has 144 valence electrons. The molecule has 0 saturated heterocycles. The van der Waals surface area contributed by atoms with Crippen molar-refractivity contribution in [1.82, 2.24) is 20.0 Å². The lowest BCUT2D eigenvalue weighted by Crippen LogP contribution is -2.42. The maximum Gasteiger partial charge on any atom is 0.338 e. The zero-order chi connectivity index (χ0) is 19.8. The highest BCUT2D eigenvalue weighted by Crippen LogP contribution is 2.17. The van der Waals surface area contributed by atoms with Crippen molar-refractivity contribution in [1.29, 1.82) is 0 Å². The maximum atomic E-state index is 12.1.